The van der Waals surface area contributed by atoms with Crippen LogP contribution < -0.4 is 11.2 Å². The number of aliphatic hydroxyl groups is 2. The first-order valence-electron chi connectivity index (χ1n) is 11.9. The number of esters is 1. The molecule has 190 valence electrons. The van der Waals surface area contributed by atoms with Gasteiger partial charge in [0.05, 0.1) is 6.10 Å². The second-order valence-corrected chi connectivity index (χ2v) is 11.1. The Morgan fingerprint density at radius 3 is 2.53 bits per heavy atom. The van der Waals surface area contributed by atoms with Gasteiger partial charge in [0, 0.05) is 25.8 Å². The predicted molar refractivity (Wildman–Crippen MR) is 127 cm³/mol. The molecule has 0 saturated heterocycles. The standard InChI is InChI=1S/C25H34N2O7.2H2/c1-6-23(4)10-16(34-21(32)14-11-26-22(33)27-20(14)31)24(5)12(2)7-8-25(13(3)19(23)30)9-15(28)17(29)18(24)25;;/h6,11-13,15-16,18-19,28,30H,1,7-10H2,2-5H3,(H2,26,27,31,33);2*1H/t12?,13-,15-,16+,18?,19-,23+,24-,25?;;/m0../s1. The Morgan fingerprint density at radius 2 is 1.91 bits per heavy atom. The number of H-pyrrole nitrogens is 2. The normalized spacial score (nSPS) is 44.0. The summed E-state index contributed by atoms with van der Waals surface area (Å²) in [5, 5.41) is 22.2. The molecular formula is C25H38N2O7. The molecule has 0 spiro atoms. The van der Waals surface area contributed by atoms with Crippen LogP contribution in [0.25, 0.3) is 0 Å². The number of Topliss-reactive ketones (excluding diaryl/α,β-unsaturated/α-hetero) is 1. The third-order valence-corrected chi connectivity index (χ3v) is 9.62. The molecule has 3 saturated carbocycles. The number of carbonyl (C=O) groups excluding carboxylic acids is 2. The number of nitrogens with one attached hydrogen (secondary N) is 2. The zero-order valence-electron chi connectivity index (χ0n) is 20.1. The first-order chi connectivity index (χ1) is 15.8. The summed E-state index contributed by atoms with van der Waals surface area (Å²) in [7, 11) is 0. The zero-order chi connectivity index (χ0) is 25.2. The van der Waals surface area contributed by atoms with Gasteiger partial charge in [-0.2, -0.15) is 0 Å². The summed E-state index contributed by atoms with van der Waals surface area (Å²) in [6.07, 6.45) is 1.64. The van der Waals surface area contributed by atoms with Gasteiger partial charge in [-0.05, 0) is 42.9 Å². The average molecular weight is 479 g/mol. The second-order valence-electron chi connectivity index (χ2n) is 11.1. The number of aromatic amines is 2. The molecule has 4 rings (SSSR count). The Morgan fingerprint density at radius 1 is 1.24 bits per heavy atom. The second kappa shape index (κ2) is 8.02. The number of rotatable bonds is 3. The van der Waals surface area contributed by atoms with E-state index in [1.807, 2.05) is 32.7 Å². The van der Waals surface area contributed by atoms with E-state index in [0.717, 1.165) is 12.6 Å². The van der Waals surface area contributed by atoms with E-state index in [0.29, 0.717) is 6.42 Å². The molecule has 9 atom stereocenters. The van der Waals surface area contributed by atoms with Crippen molar-refractivity contribution in [1.29, 1.82) is 0 Å². The summed E-state index contributed by atoms with van der Waals surface area (Å²) in [6, 6.07) is 0. The van der Waals surface area contributed by atoms with Crippen LogP contribution in [0.15, 0.2) is 28.4 Å². The van der Waals surface area contributed by atoms with E-state index < -0.39 is 57.7 Å². The van der Waals surface area contributed by atoms with Crippen LogP contribution in [0.5, 0.6) is 0 Å². The summed E-state index contributed by atoms with van der Waals surface area (Å²) in [6.45, 7) is 11.7. The van der Waals surface area contributed by atoms with Crippen molar-refractivity contribution in [3.8, 4) is 0 Å². The maximum Gasteiger partial charge on any atom is 0.345 e. The predicted octanol–water partition coefficient (Wildman–Crippen LogP) is 2.05. The molecule has 1 heterocycles. The van der Waals surface area contributed by atoms with Crippen molar-refractivity contribution in [2.24, 2.45) is 34.0 Å². The molecule has 0 amide bonds. The number of hydrogen-bond acceptors (Lipinski definition) is 7. The van der Waals surface area contributed by atoms with Crippen molar-refractivity contribution in [2.45, 2.75) is 71.7 Å². The Bertz CT molecular complexity index is 1150. The summed E-state index contributed by atoms with van der Waals surface area (Å²) in [4.78, 5) is 54.5. The first kappa shape index (κ1) is 24.6. The minimum atomic E-state index is -1.14. The highest BCUT2D eigenvalue weighted by atomic mass is 16.5. The number of aromatic nitrogens is 2. The molecule has 9 heteroatoms. The van der Waals surface area contributed by atoms with Crippen molar-refractivity contribution in [3.05, 3.63) is 45.3 Å². The minimum Gasteiger partial charge on any atom is -0.458 e. The molecule has 0 aliphatic heterocycles. The quantitative estimate of drug-likeness (QED) is 0.383. The fourth-order valence-electron chi connectivity index (χ4n) is 7.24. The molecule has 0 radical (unpaired) electrons. The van der Waals surface area contributed by atoms with Gasteiger partial charge in [0.25, 0.3) is 5.56 Å². The molecule has 1 aromatic heterocycles. The molecule has 3 aliphatic rings. The van der Waals surface area contributed by atoms with Gasteiger partial charge >= 0.3 is 11.7 Å². The van der Waals surface area contributed by atoms with Gasteiger partial charge in [-0.1, -0.05) is 33.8 Å². The third-order valence-electron chi connectivity index (χ3n) is 9.62. The number of hydrogen-bond donors (Lipinski definition) is 4. The van der Waals surface area contributed by atoms with Crippen molar-refractivity contribution < 1.29 is 27.4 Å². The lowest BCUT2D eigenvalue weighted by Gasteiger charge is -2.61. The van der Waals surface area contributed by atoms with Gasteiger partial charge in [0.2, 0.25) is 0 Å². The van der Waals surface area contributed by atoms with Crippen LogP contribution in [-0.4, -0.2) is 50.2 Å². The third kappa shape index (κ3) is 3.27. The van der Waals surface area contributed by atoms with Gasteiger partial charge < -0.3 is 19.9 Å². The Kier molecular flexibility index (Phi) is 5.80. The van der Waals surface area contributed by atoms with Crippen molar-refractivity contribution in [2.75, 3.05) is 0 Å². The average Bonchev–Trinajstić information content (AvgIpc) is 3.05. The smallest absolute Gasteiger partial charge is 0.345 e. The highest BCUT2D eigenvalue weighted by Crippen LogP contribution is 2.68. The van der Waals surface area contributed by atoms with Crippen LogP contribution in [0, 0.1) is 34.0 Å². The van der Waals surface area contributed by atoms with Crippen LogP contribution in [-0.2, 0) is 9.53 Å². The number of carbonyl (C=O) groups is 2. The number of ether oxygens (including phenoxy) is 1. The maximum absolute atomic E-state index is 13.5. The van der Waals surface area contributed by atoms with Crippen LogP contribution in [0.3, 0.4) is 0 Å². The van der Waals surface area contributed by atoms with Gasteiger partial charge in [0.1, 0.15) is 17.8 Å². The highest BCUT2D eigenvalue weighted by Gasteiger charge is 2.70. The first-order valence-corrected chi connectivity index (χ1v) is 11.9. The largest absolute Gasteiger partial charge is 0.458 e. The SMILES string of the molecule is C=C[C@]1(C)C[C@@H](OC(=O)c2c[nH]c(=O)[nH]c2=O)[C@]2(C)C(C)CCC3(C[C@H](O)C(=O)C32)[C@@H](C)[C@@H]1O.[HH].[HH]. The van der Waals surface area contributed by atoms with E-state index in [1.165, 1.54) is 0 Å². The molecule has 1 aromatic rings. The van der Waals surface area contributed by atoms with Crippen LogP contribution in [0.2, 0.25) is 0 Å². The molecule has 3 aliphatic carbocycles. The Labute approximate surface area is 200 Å². The summed E-state index contributed by atoms with van der Waals surface area (Å²) < 4.78 is 5.99. The topological polar surface area (TPSA) is 150 Å². The fourth-order valence-corrected chi connectivity index (χ4v) is 7.24. The Hall–Kier alpha value is -2.52. The fraction of sp³-hybridized carbons (Fsp3) is 0.680. The van der Waals surface area contributed by atoms with E-state index in [9.17, 15) is 29.4 Å². The van der Waals surface area contributed by atoms with Crippen molar-refractivity contribution >= 4 is 11.8 Å². The van der Waals surface area contributed by atoms with Crippen molar-refractivity contribution in [1.82, 2.24) is 9.97 Å². The van der Waals surface area contributed by atoms with Gasteiger partial charge in [-0.15, -0.1) is 6.58 Å². The number of aliphatic hydroxyl groups excluding tert-OH is 2. The minimum absolute atomic E-state index is 0. The summed E-state index contributed by atoms with van der Waals surface area (Å²) in [5.74, 6) is -2.16. The maximum atomic E-state index is 13.5. The van der Waals surface area contributed by atoms with Gasteiger partial charge in [0.15, 0.2) is 5.78 Å². The van der Waals surface area contributed by atoms with E-state index in [4.69, 9.17) is 4.74 Å². The van der Waals surface area contributed by atoms with Gasteiger partial charge in [-0.3, -0.25) is 14.6 Å². The monoisotopic (exact) mass is 478 g/mol. The van der Waals surface area contributed by atoms with Crippen molar-refractivity contribution in [3.63, 3.8) is 0 Å². The Balaban J connectivity index is 0.00000228. The van der Waals surface area contributed by atoms with Crippen LogP contribution >= 0.6 is 0 Å². The summed E-state index contributed by atoms with van der Waals surface area (Å²) in [5.41, 5.74) is -4.32. The molecule has 0 aromatic carbocycles. The molecule has 3 fully saturated rings. The van der Waals surface area contributed by atoms with Crippen LogP contribution in [0.1, 0.15) is 66.6 Å². The van der Waals surface area contributed by atoms with E-state index in [2.05, 4.69) is 11.6 Å². The lowest BCUT2D eigenvalue weighted by molar-refractivity contribution is -0.192. The van der Waals surface area contributed by atoms with E-state index in [1.54, 1.807) is 6.08 Å². The molecule has 4 N–H and O–H groups in total. The molecule has 2 bridgehead atoms. The highest BCUT2D eigenvalue weighted by molar-refractivity contribution is 5.90. The molecular weight excluding hydrogens is 440 g/mol. The summed E-state index contributed by atoms with van der Waals surface area (Å²) >= 11 is 0. The molecule has 34 heavy (non-hydrogen) atoms. The molecule has 3 unspecified atom stereocenters. The van der Waals surface area contributed by atoms with Crippen LogP contribution in [0.4, 0.5) is 0 Å². The molecule has 9 nitrogen and oxygen atoms in total. The zero-order valence-corrected chi connectivity index (χ0v) is 20.1. The van der Waals surface area contributed by atoms with Gasteiger partial charge in [-0.25, -0.2) is 9.59 Å². The lowest BCUT2D eigenvalue weighted by Crippen LogP contribution is -2.63. The van der Waals surface area contributed by atoms with E-state index in [-0.39, 0.29) is 38.9 Å². The number of ketones is 1. The van der Waals surface area contributed by atoms with E-state index >= 15 is 0 Å². The lowest BCUT2D eigenvalue weighted by atomic mass is 9.44.